The number of rotatable bonds is 5. The molecule has 0 saturated carbocycles. The molecule has 2 N–H and O–H groups in total. The van der Waals surface area contributed by atoms with Gasteiger partial charge in [-0.2, -0.15) is 0 Å². The van der Waals surface area contributed by atoms with Gasteiger partial charge in [-0.3, -0.25) is 4.98 Å². The Labute approximate surface area is 137 Å². The molecular weight excluding hydrogens is 294 g/mol. The Morgan fingerprint density at radius 2 is 2.05 bits per heavy atom. The standard InChI is InChI=1S/C18H21N3.ClH/c1-13-5-6-18-17(10-13)16(14(2)21-18)7-9-20-12-15-4-3-8-19-11-15;/h3-6,8,10-11,20-21H,7,9,12H2,1-2H3;1H/p-1. The zero-order valence-electron chi connectivity index (χ0n) is 13.0. The van der Waals surface area contributed by atoms with E-state index in [1.165, 1.54) is 33.3 Å². The van der Waals surface area contributed by atoms with E-state index in [1.54, 1.807) is 6.20 Å². The van der Waals surface area contributed by atoms with E-state index in [2.05, 4.69) is 53.4 Å². The summed E-state index contributed by atoms with van der Waals surface area (Å²) in [5.41, 5.74) is 6.47. The van der Waals surface area contributed by atoms with E-state index in [-0.39, 0.29) is 12.4 Å². The topological polar surface area (TPSA) is 40.7 Å². The van der Waals surface area contributed by atoms with Crippen molar-refractivity contribution in [3.05, 3.63) is 65.1 Å². The van der Waals surface area contributed by atoms with Crippen LogP contribution < -0.4 is 17.7 Å². The lowest BCUT2D eigenvalue weighted by atomic mass is 10.1. The molecule has 116 valence electrons. The lowest BCUT2D eigenvalue weighted by Crippen LogP contribution is -3.00. The summed E-state index contributed by atoms with van der Waals surface area (Å²) < 4.78 is 0. The van der Waals surface area contributed by atoms with Crippen LogP contribution in [0.15, 0.2) is 42.7 Å². The molecule has 0 aliphatic rings. The number of hydrogen-bond donors (Lipinski definition) is 2. The molecular formula is C18H21ClN3-. The molecule has 3 aromatic rings. The Morgan fingerprint density at radius 1 is 1.18 bits per heavy atom. The minimum absolute atomic E-state index is 0. The van der Waals surface area contributed by atoms with Crippen molar-refractivity contribution in [3.63, 3.8) is 0 Å². The summed E-state index contributed by atoms with van der Waals surface area (Å²) in [6.45, 7) is 6.14. The van der Waals surface area contributed by atoms with E-state index < -0.39 is 0 Å². The van der Waals surface area contributed by atoms with Crippen molar-refractivity contribution in [3.8, 4) is 0 Å². The highest BCUT2D eigenvalue weighted by atomic mass is 35.5. The number of hydrogen-bond acceptors (Lipinski definition) is 2. The SMILES string of the molecule is Cc1ccc2[nH]c(C)c(CCNCc3cccnc3)c2c1.[Cl-]. The molecule has 0 fully saturated rings. The molecule has 1 aromatic carbocycles. The minimum Gasteiger partial charge on any atom is -1.00 e. The first kappa shape index (κ1) is 16.5. The molecule has 4 heteroatoms. The second kappa shape index (κ2) is 7.43. The van der Waals surface area contributed by atoms with Crippen molar-refractivity contribution in [2.45, 2.75) is 26.8 Å². The molecule has 0 bridgehead atoms. The maximum absolute atomic E-state index is 4.13. The summed E-state index contributed by atoms with van der Waals surface area (Å²) in [5.74, 6) is 0. The Balaban J connectivity index is 0.00000176. The van der Waals surface area contributed by atoms with Crippen molar-refractivity contribution < 1.29 is 12.4 Å². The first-order valence-electron chi connectivity index (χ1n) is 7.41. The number of fused-ring (bicyclic) bond motifs is 1. The maximum atomic E-state index is 4.13. The molecule has 0 unspecified atom stereocenters. The van der Waals surface area contributed by atoms with Crippen molar-refractivity contribution >= 4 is 10.9 Å². The number of pyridine rings is 1. The molecule has 0 amide bonds. The fourth-order valence-electron chi connectivity index (χ4n) is 2.77. The molecule has 3 nitrogen and oxygen atoms in total. The molecule has 0 aliphatic heterocycles. The first-order chi connectivity index (χ1) is 10.2. The van der Waals surface area contributed by atoms with Crippen LogP contribution in [0.2, 0.25) is 0 Å². The number of nitrogens with one attached hydrogen (secondary N) is 2. The van der Waals surface area contributed by atoms with E-state index in [1.807, 2.05) is 12.3 Å². The second-order valence-corrected chi connectivity index (χ2v) is 5.57. The highest BCUT2D eigenvalue weighted by molar-refractivity contribution is 5.85. The van der Waals surface area contributed by atoms with Crippen LogP contribution in [-0.2, 0) is 13.0 Å². The van der Waals surface area contributed by atoms with Gasteiger partial charge in [0.15, 0.2) is 0 Å². The van der Waals surface area contributed by atoms with Crippen LogP contribution in [0.1, 0.15) is 22.4 Å². The second-order valence-electron chi connectivity index (χ2n) is 5.57. The first-order valence-corrected chi connectivity index (χ1v) is 7.41. The quantitative estimate of drug-likeness (QED) is 0.674. The van der Waals surface area contributed by atoms with Gasteiger partial charge >= 0.3 is 0 Å². The zero-order valence-corrected chi connectivity index (χ0v) is 13.7. The zero-order chi connectivity index (χ0) is 14.7. The molecule has 2 heterocycles. The molecule has 0 aliphatic carbocycles. The predicted octanol–water partition coefficient (Wildman–Crippen LogP) is 0.516. The van der Waals surface area contributed by atoms with Gasteiger partial charge in [-0.05, 0) is 56.1 Å². The third kappa shape index (κ3) is 3.67. The Hall–Kier alpha value is -1.84. The molecule has 22 heavy (non-hydrogen) atoms. The smallest absolute Gasteiger partial charge is 0.0459 e. The summed E-state index contributed by atoms with van der Waals surface area (Å²) in [4.78, 5) is 7.61. The number of aromatic nitrogens is 2. The highest BCUT2D eigenvalue weighted by Crippen LogP contribution is 2.23. The normalized spacial score (nSPS) is 10.6. The summed E-state index contributed by atoms with van der Waals surface area (Å²) in [7, 11) is 0. The van der Waals surface area contributed by atoms with Crippen molar-refractivity contribution in [1.82, 2.24) is 15.3 Å². The predicted molar refractivity (Wildman–Crippen MR) is 87.4 cm³/mol. The van der Waals surface area contributed by atoms with Gasteiger partial charge in [0.2, 0.25) is 0 Å². The third-order valence-electron chi connectivity index (χ3n) is 3.88. The van der Waals surface area contributed by atoms with Crippen LogP contribution in [-0.4, -0.2) is 16.5 Å². The fourth-order valence-corrected chi connectivity index (χ4v) is 2.77. The van der Waals surface area contributed by atoms with Crippen LogP contribution in [0.5, 0.6) is 0 Å². The van der Waals surface area contributed by atoms with Gasteiger partial charge < -0.3 is 22.7 Å². The Bertz CT molecular complexity index is 735. The lowest BCUT2D eigenvalue weighted by molar-refractivity contribution is -0.00000453. The van der Waals surface area contributed by atoms with Crippen LogP contribution in [0.4, 0.5) is 0 Å². The van der Waals surface area contributed by atoms with Gasteiger partial charge in [0.05, 0.1) is 0 Å². The molecule has 0 radical (unpaired) electrons. The van der Waals surface area contributed by atoms with Gasteiger partial charge in [0, 0.05) is 35.5 Å². The van der Waals surface area contributed by atoms with Gasteiger partial charge in [-0.25, -0.2) is 0 Å². The van der Waals surface area contributed by atoms with E-state index in [4.69, 9.17) is 0 Å². The number of halogens is 1. The number of aryl methyl sites for hydroxylation is 2. The summed E-state index contributed by atoms with van der Waals surface area (Å²) in [6, 6.07) is 10.7. The van der Waals surface area contributed by atoms with Gasteiger partial charge in [-0.15, -0.1) is 0 Å². The van der Waals surface area contributed by atoms with E-state index in [9.17, 15) is 0 Å². The minimum atomic E-state index is 0. The van der Waals surface area contributed by atoms with Crippen molar-refractivity contribution in [2.75, 3.05) is 6.54 Å². The Morgan fingerprint density at radius 3 is 2.82 bits per heavy atom. The van der Waals surface area contributed by atoms with Crippen LogP contribution in [0, 0.1) is 13.8 Å². The molecule has 3 rings (SSSR count). The van der Waals surface area contributed by atoms with Crippen molar-refractivity contribution in [1.29, 1.82) is 0 Å². The van der Waals surface area contributed by atoms with E-state index in [0.717, 1.165) is 19.5 Å². The van der Waals surface area contributed by atoms with Crippen molar-refractivity contribution in [2.24, 2.45) is 0 Å². The number of H-pyrrole nitrogens is 1. The Kier molecular flexibility index (Phi) is 5.58. The summed E-state index contributed by atoms with van der Waals surface area (Å²) >= 11 is 0. The van der Waals surface area contributed by atoms with E-state index >= 15 is 0 Å². The molecule has 0 saturated heterocycles. The highest BCUT2D eigenvalue weighted by Gasteiger charge is 2.08. The number of aromatic amines is 1. The largest absolute Gasteiger partial charge is 1.00 e. The third-order valence-corrected chi connectivity index (χ3v) is 3.88. The number of nitrogens with zero attached hydrogens (tertiary/aromatic N) is 1. The monoisotopic (exact) mass is 314 g/mol. The number of benzene rings is 1. The molecule has 0 spiro atoms. The van der Waals surface area contributed by atoms with Gasteiger partial charge in [0.1, 0.15) is 0 Å². The van der Waals surface area contributed by atoms with Gasteiger partial charge in [-0.1, -0.05) is 17.7 Å². The fraction of sp³-hybridized carbons (Fsp3) is 0.278. The molecule has 2 aromatic heterocycles. The van der Waals surface area contributed by atoms with E-state index in [0.29, 0.717) is 0 Å². The molecule has 0 atom stereocenters. The van der Waals surface area contributed by atoms with Crippen LogP contribution in [0.3, 0.4) is 0 Å². The lowest BCUT2D eigenvalue weighted by Gasteiger charge is -2.05. The van der Waals surface area contributed by atoms with Crippen LogP contribution in [0.25, 0.3) is 10.9 Å². The maximum Gasteiger partial charge on any atom is 0.0459 e. The summed E-state index contributed by atoms with van der Waals surface area (Å²) in [5, 5.41) is 4.85. The van der Waals surface area contributed by atoms with Crippen LogP contribution >= 0.6 is 0 Å². The summed E-state index contributed by atoms with van der Waals surface area (Å²) in [6.07, 6.45) is 4.75. The van der Waals surface area contributed by atoms with Gasteiger partial charge in [0.25, 0.3) is 0 Å². The average molecular weight is 315 g/mol. The average Bonchev–Trinajstić information content (AvgIpc) is 2.80.